The number of hydrogen-bond acceptors (Lipinski definition) is 4. The summed E-state index contributed by atoms with van der Waals surface area (Å²) < 4.78 is 5.90. The average molecular weight is 378 g/mol. The number of anilines is 1. The van der Waals surface area contributed by atoms with E-state index in [1.165, 1.54) is 6.20 Å². The molecule has 0 aliphatic rings. The lowest BCUT2D eigenvalue weighted by Gasteiger charge is -2.07. The Balaban J connectivity index is 1.69. The van der Waals surface area contributed by atoms with E-state index >= 15 is 0 Å². The van der Waals surface area contributed by atoms with Crippen LogP contribution in [0.1, 0.15) is 21.5 Å². The summed E-state index contributed by atoms with van der Waals surface area (Å²) in [6.07, 6.45) is 3.13. The van der Waals surface area contributed by atoms with Gasteiger partial charge in [-0.2, -0.15) is 0 Å². The van der Waals surface area contributed by atoms with Crippen molar-refractivity contribution in [3.63, 3.8) is 0 Å². The molecule has 0 aliphatic heterocycles. The number of fused-ring (bicyclic) bond motifs is 1. The van der Waals surface area contributed by atoms with Gasteiger partial charge >= 0.3 is 0 Å². The summed E-state index contributed by atoms with van der Waals surface area (Å²) >= 11 is 6.35. The molecule has 0 atom stereocenters. The van der Waals surface area contributed by atoms with Crippen molar-refractivity contribution in [3.8, 4) is 11.5 Å². The van der Waals surface area contributed by atoms with Crippen molar-refractivity contribution in [2.75, 3.05) is 5.32 Å². The predicted molar refractivity (Wildman–Crippen MR) is 106 cm³/mol. The second kappa shape index (κ2) is 6.85. The molecule has 2 heterocycles. The molecule has 27 heavy (non-hydrogen) atoms. The fourth-order valence-electron chi connectivity index (χ4n) is 2.76. The third kappa shape index (κ3) is 3.41. The zero-order valence-corrected chi connectivity index (χ0v) is 15.5. The fourth-order valence-corrected chi connectivity index (χ4v) is 2.96. The monoisotopic (exact) mass is 377 g/mol. The molecule has 0 bridgehead atoms. The highest BCUT2D eigenvalue weighted by Crippen LogP contribution is 2.33. The first-order valence-corrected chi connectivity index (χ1v) is 8.78. The van der Waals surface area contributed by atoms with Crippen LogP contribution in [0.2, 0.25) is 5.02 Å². The number of benzene rings is 2. The van der Waals surface area contributed by atoms with Gasteiger partial charge in [-0.3, -0.25) is 9.78 Å². The number of oxazole rings is 1. The minimum absolute atomic E-state index is 0.250. The number of carbonyl (C=O) groups excluding carboxylic acids is 1. The van der Waals surface area contributed by atoms with Crippen LogP contribution in [-0.2, 0) is 0 Å². The van der Waals surface area contributed by atoms with E-state index in [2.05, 4.69) is 15.3 Å². The first kappa shape index (κ1) is 17.2. The Bertz CT molecular complexity index is 1110. The lowest BCUT2D eigenvalue weighted by atomic mass is 10.1. The molecule has 0 saturated heterocycles. The first-order valence-electron chi connectivity index (χ1n) is 8.40. The van der Waals surface area contributed by atoms with E-state index in [1.807, 2.05) is 26.0 Å². The molecule has 1 N–H and O–H groups in total. The summed E-state index contributed by atoms with van der Waals surface area (Å²) in [7, 11) is 0. The fraction of sp³-hybridized carbons (Fsp3) is 0.0952. The molecule has 2 aromatic carbocycles. The molecule has 0 fully saturated rings. The molecular formula is C21H16ClN3O2. The summed E-state index contributed by atoms with van der Waals surface area (Å²) in [5.74, 6) is 0.165. The number of aryl methyl sites for hydroxylation is 2. The average Bonchev–Trinajstić information content (AvgIpc) is 3.06. The number of carbonyl (C=O) groups is 1. The first-order chi connectivity index (χ1) is 13.0. The Morgan fingerprint density at radius 2 is 1.93 bits per heavy atom. The van der Waals surface area contributed by atoms with Gasteiger partial charge in [0.05, 0.1) is 16.1 Å². The summed E-state index contributed by atoms with van der Waals surface area (Å²) in [6, 6.07) is 12.6. The molecule has 6 heteroatoms. The second-order valence-electron chi connectivity index (χ2n) is 6.31. The van der Waals surface area contributed by atoms with Crippen LogP contribution >= 0.6 is 11.6 Å². The number of hydrogen-bond donors (Lipinski definition) is 1. The van der Waals surface area contributed by atoms with Gasteiger partial charge < -0.3 is 9.73 Å². The van der Waals surface area contributed by atoms with E-state index in [0.29, 0.717) is 33.3 Å². The van der Waals surface area contributed by atoms with Crippen LogP contribution in [0.5, 0.6) is 0 Å². The van der Waals surface area contributed by atoms with Crippen molar-refractivity contribution >= 4 is 34.3 Å². The number of amides is 1. The van der Waals surface area contributed by atoms with Crippen molar-refractivity contribution < 1.29 is 9.21 Å². The Hall–Kier alpha value is -3.18. The van der Waals surface area contributed by atoms with Crippen molar-refractivity contribution in [1.29, 1.82) is 0 Å². The van der Waals surface area contributed by atoms with Crippen molar-refractivity contribution in [2.24, 2.45) is 0 Å². The van der Waals surface area contributed by atoms with Crippen LogP contribution in [-0.4, -0.2) is 15.9 Å². The van der Waals surface area contributed by atoms with E-state index < -0.39 is 0 Å². The number of nitrogens with zero attached hydrogens (tertiary/aromatic N) is 2. The van der Waals surface area contributed by atoms with Gasteiger partial charge in [0.25, 0.3) is 5.91 Å². The zero-order valence-electron chi connectivity index (χ0n) is 14.8. The lowest BCUT2D eigenvalue weighted by Crippen LogP contribution is -2.12. The number of halogens is 1. The molecule has 0 saturated carbocycles. The van der Waals surface area contributed by atoms with E-state index in [-0.39, 0.29) is 5.91 Å². The van der Waals surface area contributed by atoms with E-state index in [0.717, 1.165) is 16.6 Å². The molecular weight excluding hydrogens is 362 g/mol. The van der Waals surface area contributed by atoms with Gasteiger partial charge in [0.15, 0.2) is 5.58 Å². The highest BCUT2D eigenvalue weighted by molar-refractivity contribution is 6.33. The van der Waals surface area contributed by atoms with Crippen LogP contribution in [0, 0.1) is 13.8 Å². The topological polar surface area (TPSA) is 68.0 Å². The van der Waals surface area contributed by atoms with Crippen LogP contribution in [0.25, 0.3) is 22.6 Å². The minimum Gasteiger partial charge on any atom is -0.436 e. The smallest absolute Gasteiger partial charge is 0.257 e. The Kier molecular flexibility index (Phi) is 4.38. The van der Waals surface area contributed by atoms with Crippen molar-refractivity contribution in [1.82, 2.24) is 9.97 Å². The number of nitrogens with one attached hydrogen (secondary N) is 1. The van der Waals surface area contributed by atoms with Gasteiger partial charge in [-0.15, -0.1) is 0 Å². The summed E-state index contributed by atoms with van der Waals surface area (Å²) in [5.41, 5.74) is 5.44. The third-order valence-corrected chi connectivity index (χ3v) is 4.71. The van der Waals surface area contributed by atoms with E-state index in [9.17, 15) is 4.79 Å². The van der Waals surface area contributed by atoms with Gasteiger partial charge in [-0.05, 0) is 67.4 Å². The molecule has 2 aromatic heterocycles. The molecule has 5 nitrogen and oxygen atoms in total. The van der Waals surface area contributed by atoms with Crippen molar-refractivity contribution in [3.05, 3.63) is 76.6 Å². The van der Waals surface area contributed by atoms with E-state index in [1.54, 1.807) is 36.5 Å². The van der Waals surface area contributed by atoms with Crippen LogP contribution in [0.15, 0.2) is 59.3 Å². The highest BCUT2D eigenvalue weighted by Gasteiger charge is 2.14. The normalized spacial score (nSPS) is 10.9. The number of pyridine rings is 1. The Morgan fingerprint density at radius 1 is 1.11 bits per heavy atom. The third-order valence-electron chi connectivity index (χ3n) is 4.38. The number of rotatable bonds is 3. The van der Waals surface area contributed by atoms with Gasteiger partial charge in [-0.25, -0.2) is 4.98 Å². The maximum atomic E-state index is 12.3. The molecule has 0 radical (unpaired) electrons. The SMILES string of the molecule is Cc1cc2nc(-c3cc(NC(=O)c4cccnc4)ccc3Cl)oc2cc1C. The summed E-state index contributed by atoms with van der Waals surface area (Å²) in [4.78, 5) is 20.8. The second-order valence-corrected chi connectivity index (χ2v) is 6.72. The lowest BCUT2D eigenvalue weighted by molar-refractivity contribution is 0.102. The van der Waals surface area contributed by atoms with Gasteiger partial charge in [0, 0.05) is 18.1 Å². The molecule has 1 amide bonds. The number of aromatic nitrogens is 2. The standard InChI is InChI=1S/C21H16ClN3O2/c1-12-8-18-19(9-13(12)2)27-21(25-18)16-10-15(5-6-17(16)22)24-20(26)14-4-3-7-23-11-14/h3-11H,1-2H3,(H,24,26). The summed E-state index contributed by atoms with van der Waals surface area (Å²) in [5, 5.41) is 3.34. The molecule has 0 aliphatic carbocycles. The maximum Gasteiger partial charge on any atom is 0.257 e. The molecule has 0 spiro atoms. The zero-order chi connectivity index (χ0) is 19.0. The predicted octanol–water partition coefficient (Wildman–Crippen LogP) is 5.41. The molecule has 134 valence electrons. The largest absolute Gasteiger partial charge is 0.436 e. The van der Waals surface area contributed by atoms with Gasteiger partial charge in [-0.1, -0.05) is 11.6 Å². The van der Waals surface area contributed by atoms with Crippen LogP contribution in [0.4, 0.5) is 5.69 Å². The minimum atomic E-state index is -0.250. The van der Waals surface area contributed by atoms with Crippen LogP contribution in [0.3, 0.4) is 0 Å². The molecule has 0 unspecified atom stereocenters. The van der Waals surface area contributed by atoms with Gasteiger partial charge in [0.1, 0.15) is 5.52 Å². The Labute approximate surface area is 161 Å². The van der Waals surface area contributed by atoms with E-state index in [4.69, 9.17) is 16.0 Å². The van der Waals surface area contributed by atoms with Gasteiger partial charge in [0.2, 0.25) is 5.89 Å². The maximum absolute atomic E-state index is 12.3. The molecule has 4 aromatic rings. The highest BCUT2D eigenvalue weighted by atomic mass is 35.5. The molecule has 4 rings (SSSR count). The quantitative estimate of drug-likeness (QED) is 0.518. The summed E-state index contributed by atoms with van der Waals surface area (Å²) in [6.45, 7) is 4.06. The Morgan fingerprint density at radius 3 is 2.70 bits per heavy atom. The van der Waals surface area contributed by atoms with Crippen LogP contribution < -0.4 is 5.32 Å². The van der Waals surface area contributed by atoms with Crippen molar-refractivity contribution in [2.45, 2.75) is 13.8 Å².